The maximum Gasteiger partial charge on any atom is 0.343 e. The number of benzene rings is 5. The molecule has 7 aromatic rings. The molecule has 2 heterocycles. The van der Waals surface area contributed by atoms with Gasteiger partial charge in [-0.2, -0.15) is 0 Å². The third-order valence-corrected chi connectivity index (χ3v) is 9.14. The summed E-state index contributed by atoms with van der Waals surface area (Å²) in [7, 11) is 3.09. The van der Waals surface area contributed by atoms with Gasteiger partial charge in [-0.15, -0.1) is 0 Å². The summed E-state index contributed by atoms with van der Waals surface area (Å²) in [5.74, 6) is 0.259. The summed E-state index contributed by atoms with van der Waals surface area (Å²) >= 11 is 0. The van der Waals surface area contributed by atoms with E-state index in [1.165, 1.54) is 60.7 Å². The third-order valence-electron chi connectivity index (χ3n) is 9.14. The number of hydrogen-bond acceptors (Lipinski definition) is 12. The second-order valence-corrected chi connectivity index (χ2v) is 12.3. The van der Waals surface area contributed by atoms with Crippen LogP contribution in [0.25, 0.3) is 44.8 Å². The van der Waals surface area contributed by atoms with E-state index in [4.69, 9.17) is 28.9 Å². The summed E-state index contributed by atoms with van der Waals surface area (Å²) in [6.07, 6.45) is 0. The maximum absolute atomic E-state index is 13.8. The van der Waals surface area contributed by atoms with Crippen molar-refractivity contribution in [2.45, 2.75) is 26.9 Å². The lowest BCUT2D eigenvalue weighted by atomic mass is 10.1. The van der Waals surface area contributed by atoms with E-state index in [0.29, 0.717) is 52.8 Å². The molecule has 0 bridgehead atoms. The Kier molecular flexibility index (Phi) is 9.85. The van der Waals surface area contributed by atoms with Crippen LogP contribution in [-0.2, 0) is 13.1 Å². The quantitative estimate of drug-likeness (QED) is 0.0505. The van der Waals surface area contributed by atoms with Crippen LogP contribution < -0.4 is 18.9 Å². The standard InChI is InChI=1S/C40H32N6O10/c1-5-43-33-18-16-27(53-3)19-32(33)42-38(43)30-22-35(55-39(47)23-7-11-25(12-8-23)45(49)50)29(37-41-31-17-15-28(54-4)20-34(31)44(37)6-2)21-36(30)56-40(48)24-9-13-26(14-10-24)46(51)52/h7-22H,5-6H2,1-4H3. The molecule has 0 radical (unpaired) electrons. The van der Waals surface area contributed by atoms with Gasteiger partial charge in [-0.25, -0.2) is 19.6 Å². The van der Waals surface area contributed by atoms with Crippen molar-refractivity contribution >= 4 is 45.4 Å². The lowest BCUT2D eigenvalue weighted by molar-refractivity contribution is -0.385. The van der Waals surface area contributed by atoms with Crippen molar-refractivity contribution < 1.29 is 38.4 Å². The van der Waals surface area contributed by atoms with Gasteiger partial charge in [0.15, 0.2) is 0 Å². The highest BCUT2D eigenvalue weighted by Crippen LogP contribution is 2.43. The highest BCUT2D eigenvalue weighted by atomic mass is 16.6. The van der Waals surface area contributed by atoms with Gasteiger partial charge in [0.1, 0.15) is 34.6 Å². The number of hydrogen-bond donors (Lipinski definition) is 0. The fourth-order valence-electron chi connectivity index (χ4n) is 6.35. The summed E-state index contributed by atoms with van der Waals surface area (Å²) < 4.78 is 26.9. The Morgan fingerprint density at radius 1 is 0.589 bits per heavy atom. The number of non-ortho nitro benzene ring substituents is 2. The van der Waals surface area contributed by atoms with Gasteiger partial charge in [0.25, 0.3) is 11.4 Å². The van der Waals surface area contributed by atoms with Crippen LogP contribution in [0.15, 0.2) is 97.1 Å². The van der Waals surface area contributed by atoms with E-state index >= 15 is 0 Å². The van der Waals surface area contributed by atoms with Crippen molar-refractivity contribution in [3.63, 3.8) is 0 Å². The Labute approximate surface area is 317 Å². The number of carbonyl (C=O) groups is 2. The number of esters is 2. The molecular formula is C40H32N6O10. The number of rotatable bonds is 12. The van der Waals surface area contributed by atoms with E-state index in [1.807, 2.05) is 35.1 Å². The first-order valence-electron chi connectivity index (χ1n) is 17.2. The van der Waals surface area contributed by atoms with Gasteiger partial charge in [-0.1, -0.05) is 0 Å². The molecule has 16 nitrogen and oxygen atoms in total. The van der Waals surface area contributed by atoms with E-state index in [9.17, 15) is 29.8 Å². The number of nitrogens with zero attached hydrogens (tertiary/aromatic N) is 6. The lowest BCUT2D eigenvalue weighted by Crippen LogP contribution is -2.13. The molecule has 0 fully saturated rings. The number of nitro benzene ring substituents is 2. The van der Waals surface area contributed by atoms with Crippen molar-refractivity contribution in [2.24, 2.45) is 0 Å². The highest BCUT2D eigenvalue weighted by Gasteiger charge is 2.27. The fraction of sp³-hybridized carbons (Fsp3) is 0.150. The van der Waals surface area contributed by atoms with Gasteiger partial charge < -0.3 is 28.1 Å². The number of aryl methyl sites for hydroxylation is 2. The Bertz CT molecular complexity index is 2590. The molecule has 7 rings (SSSR count). The zero-order chi connectivity index (χ0) is 39.7. The SMILES string of the molecule is CCn1c(-c2cc(OC(=O)c3ccc([N+](=O)[O-])cc3)c(-c3nc4ccc(OC)cc4n3CC)cc2OC(=O)c2ccc([N+](=O)[O-])cc2)nc2cc(OC)ccc21. The lowest BCUT2D eigenvalue weighted by Gasteiger charge is -2.17. The van der Waals surface area contributed by atoms with E-state index < -0.39 is 21.8 Å². The largest absolute Gasteiger partial charge is 0.497 e. The first-order chi connectivity index (χ1) is 27.0. The zero-order valence-corrected chi connectivity index (χ0v) is 30.4. The number of aromatic nitrogens is 4. The molecule has 0 N–H and O–H groups in total. The molecule has 0 spiro atoms. The van der Waals surface area contributed by atoms with Crippen molar-refractivity contribution in [2.75, 3.05) is 14.2 Å². The van der Waals surface area contributed by atoms with Crippen molar-refractivity contribution in [1.82, 2.24) is 19.1 Å². The van der Waals surface area contributed by atoms with Crippen LogP contribution in [0.3, 0.4) is 0 Å². The molecule has 0 saturated carbocycles. The average Bonchev–Trinajstić information content (AvgIpc) is 3.78. The third kappa shape index (κ3) is 6.82. The van der Waals surface area contributed by atoms with Crippen LogP contribution in [0.1, 0.15) is 34.6 Å². The summed E-state index contributed by atoms with van der Waals surface area (Å²) in [5, 5.41) is 22.6. The van der Waals surface area contributed by atoms with Crippen molar-refractivity contribution in [3.8, 4) is 45.8 Å². The van der Waals surface area contributed by atoms with Crippen molar-refractivity contribution in [1.29, 1.82) is 0 Å². The molecule has 282 valence electrons. The Morgan fingerprint density at radius 3 is 1.50 bits per heavy atom. The van der Waals surface area contributed by atoms with Gasteiger partial charge in [0.05, 0.1) is 68.4 Å². The average molecular weight is 757 g/mol. The second kappa shape index (κ2) is 15.0. The van der Waals surface area contributed by atoms with Gasteiger partial charge in [0.2, 0.25) is 0 Å². The molecule has 56 heavy (non-hydrogen) atoms. The Balaban J connectivity index is 1.48. The molecule has 16 heteroatoms. The second-order valence-electron chi connectivity index (χ2n) is 12.3. The number of imidazole rings is 2. The van der Waals surface area contributed by atoms with E-state index in [0.717, 1.165) is 5.52 Å². The smallest absolute Gasteiger partial charge is 0.343 e. The molecule has 5 aromatic carbocycles. The van der Waals surface area contributed by atoms with Gasteiger partial charge in [-0.05, 0) is 74.5 Å². The van der Waals surface area contributed by atoms with Crippen molar-refractivity contribution in [3.05, 3.63) is 128 Å². The summed E-state index contributed by atoms with van der Waals surface area (Å²) in [6.45, 7) is 4.68. The van der Waals surface area contributed by atoms with Gasteiger partial charge in [-0.3, -0.25) is 20.2 Å². The predicted octanol–water partition coefficient (Wildman–Crippen LogP) is 8.03. The van der Waals surface area contributed by atoms with E-state index in [2.05, 4.69) is 0 Å². The Hall–Kier alpha value is -7.62. The molecule has 0 aliphatic heterocycles. The minimum absolute atomic E-state index is 0.0164. The molecule has 0 aliphatic rings. The minimum atomic E-state index is -0.822. The summed E-state index contributed by atoms with van der Waals surface area (Å²) in [4.78, 5) is 58.9. The molecule has 0 amide bonds. The Morgan fingerprint density at radius 2 is 1.04 bits per heavy atom. The minimum Gasteiger partial charge on any atom is -0.497 e. The predicted molar refractivity (Wildman–Crippen MR) is 204 cm³/mol. The first kappa shape index (κ1) is 36.7. The number of methoxy groups -OCH3 is 2. The maximum atomic E-state index is 13.8. The van der Waals surface area contributed by atoms with Crippen LogP contribution in [0.4, 0.5) is 11.4 Å². The highest BCUT2D eigenvalue weighted by molar-refractivity contribution is 5.96. The number of fused-ring (bicyclic) bond motifs is 2. The molecular weight excluding hydrogens is 724 g/mol. The van der Waals surface area contributed by atoms with Crippen LogP contribution >= 0.6 is 0 Å². The number of carbonyl (C=O) groups excluding carboxylic acids is 2. The van der Waals surface area contributed by atoms with E-state index in [1.54, 1.807) is 38.5 Å². The number of nitro groups is 2. The normalized spacial score (nSPS) is 11.1. The molecule has 0 aliphatic carbocycles. The molecule has 0 atom stereocenters. The molecule has 0 saturated heterocycles. The van der Waals surface area contributed by atoms with Crippen LogP contribution in [0, 0.1) is 20.2 Å². The summed E-state index contributed by atoms with van der Waals surface area (Å²) in [6, 6.07) is 23.8. The fourth-order valence-corrected chi connectivity index (χ4v) is 6.35. The van der Waals surface area contributed by atoms with Gasteiger partial charge >= 0.3 is 11.9 Å². The van der Waals surface area contributed by atoms with Crippen LogP contribution in [0.2, 0.25) is 0 Å². The van der Waals surface area contributed by atoms with Gasteiger partial charge in [0, 0.05) is 49.5 Å². The summed E-state index contributed by atoms with van der Waals surface area (Å²) in [5.41, 5.74) is 2.82. The molecule has 2 aromatic heterocycles. The van der Waals surface area contributed by atoms with Crippen LogP contribution in [-0.4, -0.2) is 55.1 Å². The van der Waals surface area contributed by atoms with E-state index in [-0.39, 0.29) is 45.1 Å². The molecule has 0 unspecified atom stereocenters. The topological polar surface area (TPSA) is 193 Å². The monoisotopic (exact) mass is 756 g/mol. The van der Waals surface area contributed by atoms with Crippen LogP contribution in [0.5, 0.6) is 23.0 Å². The zero-order valence-electron chi connectivity index (χ0n) is 30.4. The first-order valence-corrected chi connectivity index (χ1v) is 17.2. The number of ether oxygens (including phenoxy) is 4.